The Bertz CT molecular complexity index is 481. The molecular weight excluding hydrogens is 252 g/mol. The second kappa shape index (κ2) is 5.30. The van der Waals surface area contributed by atoms with Crippen molar-refractivity contribution in [2.45, 2.75) is 32.2 Å². The topological polar surface area (TPSA) is 52.5 Å². The number of piperidine rings is 2. The minimum absolute atomic E-state index is 0.0830. The van der Waals surface area contributed by atoms with E-state index >= 15 is 0 Å². The third kappa shape index (κ3) is 2.19. The Labute approximate surface area is 120 Å². The summed E-state index contributed by atoms with van der Waals surface area (Å²) in [5.41, 5.74) is 1.07. The molecule has 0 bridgehead atoms. The number of aromatic nitrogens is 2. The zero-order valence-corrected chi connectivity index (χ0v) is 12.4. The summed E-state index contributed by atoms with van der Waals surface area (Å²) in [6.07, 6.45) is 6.88. The predicted octanol–water partition coefficient (Wildman–Crippen LogP) is 1.07. The van der Waals surface area contributed by atoms with Crippen LogP contribution in [-0.4, -0.2) is 59.3 Å². The van der Waals surface area contributed by atoms with E-state index in [-0.39, 0.29) is 5.41 Å². The quantitative estimate of drug-likeness (QED) is 0.875. The molecule has 2 aliphatic rings. The monoisotopic (exact) mass is 276 g/mol. The van der Waals surface area contributed by atoms with Crippen molar-refractivity contribution in [2.75, 3.05) is 38.2 Å². The number of anilines is 1. The molecule has 2 atom stereocenters. The predicted molar refractivity (Wildman–Crippen MR) is 78.8 cm³/mol. The average Bonchev–Trinajstić information content (AvgIpc) is 2.48. The molecule has 3 rings (SSSR count). The van der Waals surface area contributed by atoms with Crippen LogP contribution in [0.4, 0.5) is 5.82 Å². The molecule has 0 saturated carbocycles. The van der Waals surface area contributed by atoms with Crippen LogP contribution in [0.25, 0.3) is 0 Å². The summed E-state index contributed by atoms with van der Waals surface area (Å²) in [5.74, 6) is 0.998. The first-order valence-electron chi connectivity index (χ1n) is 7.50. The van der Waals surface area contributed by atoms with Gasteiger partial charge in [-0.25, -0.2) is 4.98 Å². The van der Waals surface area contributed by atoms with Crippen molar-refractivity contribution in [2.24, 2.45) is 5.41 Å². The highest BCUT2D eigenvalue weighted by atomic mass is 16.3. The number of aliphatic hydroxyl groups excluding tert-OH is 1. The molecule has 0 spiro atoms. The fraction of sp³-hybridized carbons (Fsp3) is 0.733. The molecule has 0 aliphatic carbocycles. The lowest BCUT2D eigenvalue weighted by Crippen LogP contribution is -2.61. The van der Waals surface area contributed by atoms with Gasteiger partial charge in [0.25, 0.3) is 0 Å². The molecule has 5 nitrogen and oxygen atoms in total. The molecule has 0 unspecified atom stereocenters. The lowest BCUT2D eigenvalue weighted by molar-refractivity contribution is -0.0277. The molecule has 1 aromatic rings. The van der Waals surface area contributed by atoms with Crippen LogP contribution in [0.3, 0.4) is 0 Å². The number of aliphatic hydroxyl groups is 1. The van der Waals surface area contributed by atoms with E-state index < -0.39 is 0 Å². The summed E-state index contributed by atoms with van der Waals surface area (Å²) in [5, 5.41) is 9.93. The van der Waals surface area contributed by atoms with Crippen molar-refractivity contribution in [3.63, 3.8) is 0 Å². The molecule has 2 aliphatic heterocycles. The number of fused-ring (bicyclic) bond motifs is 1. The second-order valence-electron chi connectivity index (χ2n) is 6.28. The Kier molecular flexibility index (Phi) is 3.65. The number of likely N-dealkylation sites (tertiary alicyclic amines) is 1. The van der Waals surface area contributed by atoms with Crippen LogP contribution < -0.4 is 4.90 Å². The fourth-order valence-corrected chi connectivity index (χ4v) is 3.92. The van der Waals surface area contributed by atoms with Crippen molar-refractivity contribution >= 4 is 5.82 Å². The van der Waals surface area contributed by atoms with Crippen molar-refractivity contribution in [1.82, 2.24) is 14.9 Å². The second-order valence-corrected chi connectivity index (χ2v) is 6.28. The molecule has 0 radical (unpaired) electrons. The van der Waals surface area contributed by atoms with Crippen molar-refractivity contribution in [1.29, 1.82) is 0 Å². The molecule has 20 heavy (non-hydrogen) atoms. The number of hydrogen-bond donors (Lipinski definition) is 1. The van der Waals surface area contributed by atoms with Gasteiger partial charge in [0.05, 0.1) is 12.3 Å². The van der Waals surface area contributed by atoms with Gasteiger partial charge in [0.15, 0.2) is 0 Å². The van der Waals surface area contributed by atoms with Gasteiger partial charge in [0.1, 0.15) is 5.82 Å². The van der Waals surface area contributed by atoms with Gasteiger partial charge in [-0.05, 0) is 39.8 Å². The minimum Gasteiger partial charge on any atom is -0.396 e. The van der Waals surface area contributed by atoms with Crippen LogP contribution >= 0.6 is 0 Å². The Balaban J connectivity index is 1.85. The molecular formula is C15H24N4O. The van der Waals surface area contributed by atoms with Crippen LogP contribution in [0.15, 0.2) is 12.4 Å². The molecule has 3 heterocycles. The van der Waals surface area contributed by atoms with Gasteiger partial charge in [-0.2, -0.15) is 0 Å². The molecule has 110 valence electrons. The highest BCUT2D eigenvalue weighted by Gasteiger charge is 2.46. The lowest BCUT2D eigenvalue weighted by atomic mass is 9.69. The smallest absolute Gasteiger partial charge is 0.150 e. The number of aryl methyl sites for hydroxylation is 1. The van der Waals surface area contributed by atoms with Crippen LogP contribution in [0.5, 0.6) is 0 Å². The van der Waals surface area contributed by atoms with E-state index in [0.717, 1.165) is 44.0 Å². The van der Waals surface area contributed by atoms with Crippen molar-refractivity contribution in [3.05, 3.63) is 18.1 Å². The van der Waals surface area contributed by atoms with Crippen LogP contribution in [-0.2, 0) is 0 Å². The van der Waals surface area contributed by atoms with Crippen LogP contribution in [0, 0.1) is 12.3 Å². The van der Waals surface area contributed by atoms with Crippen LogP contribution in [0.2, 0.25) is 0 Å². The maximum Gasteiger partial charge on any atom is 0.150 e. The standard InChI is InChI=1S/C15H24N4O/c1-12-14(17-7-6-16-12)19-9-5-15(11-20)4-3-8-18(2)13(15)10-19/h6-7,13,20H,3-5,8-11H2,1-2H3/t13-,15-/m1/s1. The van der Waals surface area contributed by atoms with Gasteiger partial charge in [0, 0.05) is 36.9 Å². The molecule has 2 fully saturated rings. The molecule has 2 saturated heterocycles. The third-order valence-corrected chi connectivity index (χ3v) is 5.17. The average molecular weight is 276 g/mol. The summed E-state index contributed by atoms with van der Waals surface area (Å²) in [6.45, 7) is 5.34. The van der Waals surface area contributed by atoms with E-state index in [2.05, 4.69) is 26.8 Å². The Morgan fingerprint density at radius 3 is 2.85 bits per heavy atom. The first-order valence-corrected chi connectivity index (χ1v) is 7.50. The zero-order valence-electron chi connectivity index (χ0n) is 12.4. The molecule has 1 N–H and O–H groups in total. The summed E-state index contributed by atoms with van der Waals surface area (Å²) in [6, 6.07) is 0.413. The Hall–Kier alpha value is -1.20. The van der Waals surface area contributed by atoms with Gasteiger partial charge in [-0.15, -0.1) is 0 Å². The summed E-state index contributed by atoms with van der Waals surface area (Å²) < 4.78 is 0. The van der Waals surface area contributed by atoms with Gasteiger partial charge in [0.2, 0.25) is 0 Å². The lowest BCUT2D eigenvalue weighted by Gasteiger charge is -2.53. The van der Waals surface area contributed by atoms with E-state index in [1.165, 1.54) is 6.42 Å². The first-order chi connectivity index (χ1) is 9.66. The minimum atomic E-state index is 0.0830. The van der Waals surface area contributed by atoms with Gasteiger partial charge < -0.3 is 14.9 Å². The van der Waals surface area contributed by atoms with Gasteiger partial charge >= 0.3 is 0 Å². The third-order valence-electron chi connectivity index (χ3n) is 5.17. The number of likely N-dealkylation sites (N-methyl/N-ethyl adjacent to an activating group) is 1. The SMILES string of the molecule is Cc1nccnc1N1CC[C@@]2(CO)CCCN(C)[C@@H]2C1. The number of hydrogen-bond acceptors (Lipinski definition) is 5. The van der Waals surface area contributed by atoms with Crippen LogP contribution in [0.1, 0.15) is 25.0 Å². The van der Waals surface area contributed by atoms with E-state index in [1.54, 1.807) is 12.4 Å². The maximum atomic E-state index is 9.93. The molecule has 0 amide bonds. The highest BCUT2D eigenvalue weighted by molar-refractivity contribution is 5.43. The maximum absolute atomic E-state index is 9.93. The zero-order chi connectivity index (χ0) is 14.2. The van der Waals surface area contributed by atoms with Gasteiger partial charge in [-0.1, -0.05) is 0 Å². The van der Waals surface area contributed by atoms with E-state index in [9.17, 15) is 5.11 Å². The van der Waals surface area contributed by atoms with E-state index in [0.29, 0.717) is 12.6 Å². The first kappa shape index (κ1) is 13.8. The number of nitrogens with zero attached hydrogens (tertiary/aromatic N) is 4. The van der Waals surface area contributed by atoms with Crippen molar-refractivity contribution < 1.29 is 5.11 Å². The summed E-state index contributed by atoms with van der Waals surface area (Å²) in [7, 11) is 2.18. The highest BCUT2D eigenvalue weighted by Crippen LogP contribution is 2.42. The van der Waals surface area contributed by atoms with Crippen molar-refractivity contribution in [3.8, 4) is 0 Å². The molecule has 5 heteroatoms. The Morgan fingerprint density at radius 2 is 2.10 bits per heavy atom. The summed E-state index contributed by atoms with van der Waals surface area (Å²) in [4.78, 5) is 13.6. The largest absolute Gasteiger partial charge is 0.396 e. The number of rotatable bonds is 2. The normalized spacial score (nSPS) is 31.1. The summed E-state index contributed by atoms with van der Waals surface area (Å²) >= 11 is 0. The van der Waals surface area contributed by atoms with E-state index in [1.807, 2.05) is 6.92 Å². The fourth-order valence-electron chi connectivity index (χ4n) is 3.92. The van der Waals surface area contributed by atoms with E-state index in [4.69, 9.17) is 0 Å². The molecule has 1 aromatic heterocycles. The Morgan fingerprint density at radius 1 is 1.30 bits per heavy atom. The van der Waals surface area contributed by atoms with Gasteiger partial charge in [-0.3, -0.25) is 4.98 Å². The molecule has 0 aromatic carbocycles.